The van der Waals surface area contributed by atoms with Gasteiger partial charge in [-0.15, -0.1) is 0 Å². The Morgan fingerprint density at radius 2 is 2.05 bits per heavy atom. The van der Waals surface area contributed by atoms with Gasteiger partial charge < -0.3 is 15.4 Å². The quantitative estimate of drug-likeness (QED) is 0.698. The van der Waals surface area contributed by atoms with Crippen molar-refractivity contribution in [2.24, 2.45) is 0 Å². The molecule has 110 valence electrons. The number of rotatable bonds is 8. The van der Waals surface area contributed by atoms with Crippen LogP contribution in [-0.2, 0) is 28.8 Å². The van der Waals surface area contributed by atoms with Crippen molar-refractivity contribution in [2.45, 2.75) is 25.7 Å². The molecule has 0 aromatic heterocycles. The summed E-state index contributed by atoms with van der Waals surface area (Å²) in [6.45, 7) is 2.95. The number of carbonyl (C=O) groups is 1. The number of carbonyl (C=O) groups excluding carboxylic acids is 1. The van der Waals surface area contributed by atoms with Crippen LogP contribution in [0.15, 0.2) is 18.2 Å². The van der Waals surface area contributed by atoms with Crippen LogP contribution in [0, 0.1) is 0 Å². The predicted octanol–water partition coefficient (Wildman–Crippen LogP) is 1.07. The zero-order valence-corrected chi connectivity index (χ0v) is 12.2. The number of fused-ring (bicyclic) bond motifs is 1. The van der Waals surface area contributed by atoms with Crippen LogP contribution in [0.2, 0.25) is 0 Å². The van der Waals surface area contributed by atoms with Gasteiger partial charge in [-0.05, 0) is 36.0 Å². The fourth-order valence-electron chi connectivity index (χ4n) is 2.57. The third-order valence-corrected chi connectivity index (χ3v) is 3.63. The molecule has 0 aliphatic heterocycles. The van der Waals surface area contributed by atoms with E-state index in [9.17, 15) is 4.79 Å². The first-order valence-electron chi connectivity index (χ1n) is 7.36. The van der Waals surface area contributed by atoms with E-state index < -0.39 is 0 Å². The van der Waals surface area contributed by atoms with Gasteiger partial charge in [0.05, 0.1) is 13.0 Å². The maximum atomic E-state index is 11.8. The second-order valence-electron chi connectivity index (χ2n) is 5.23. The predicted molar refractivity (Wildman–Crippen MR) is 79.9 cm³/mol. The zero-order valence-electron chi connectivity index (χ0n) is 12.2. The first-order chi connectivity index (χ1) is 9.79. The molecule has 0 unspecified atom stereocenters. The van der Waals surface area contributed by atoms with E-state index in [-0.39, 0.29) is 5.91 Å². The fourth-order valence-corrected chi connectivity index (χ4v) is 2.57. The van der Waals surface area contributed by atoms with Crippen molar-refractivity contribution in [2.75, 3.05) is 33.4 Å². The second-order valence-corrected chi connectivity index (χ2v) is 5.23. The van der Waals surface area contributed by atoms with Crippen molar-refractivity contribution in [1.82, 2.24) is 10.6 Å². The summed E-state index contributed by atoms with van der Waals surface area (Å²) in [4.78, 5) is 11.8. The first kappa shape index (κ1) is 15.0. The maximum absolute atomic E-state index is 11.8. The third-order valence-electron chi connectivity index (χ3n) is 3.63. The molecular weight excluding hydrogens is 252 g/mol. The van der Waals surface area contributed by atoms with Crippen LogP contribution in [0.4, 0.5) is 0 Å². The molecule has 4 heteroatoms. The first-order valence-corrected chi connectivity index (χ1v) is 7.36. The molecule has 0 spiro atoms. The van der Waals surface area contributed by atoms with E-state index >= 15 is 0 Å². The lowest BCUT2D eigenvalue weighted by Gasteiger charge is -2.08. The number of hydrogen-bond acceptors (Lipinski definition) is 3. The number of benzene rings is 1. The summed E-state index contributed by atoms with van der Waals surface area (Å²) in [6, 6.07) is 6.45. The SMILES string of the molecule is COCCNCCNC(=O)Cc1ccc2c(c1)CCC2. The van der Waals surface area contributed by atoms with Crippen molar-refractivity contribution in [3.8, 4) is 0 Å². The van der Waals surface area contributed by atoms with Gasteiger partial charge in [-0.2, -0.15) is 0 Å². The van der Waals surface area contributed by atoms with Crippen LogP contribution in [0.5, 0.6) is 0 Å². The van der Waals surface area contributed by atoms with Gasteiger partial charge in [0.1, 0.15) is 0 Å². The average Bonchev–Trinajstić information content (AvgIpc) is 2.90. The molecule has 2 rings (SSSR count). The minimum atomic E-state index is 0.0940. The van der Waals surface area contributed by atoms with E-state index in [0.717, 1.165) is 25.1 Å². The summed E-state index contributed by atoms with van der Waals surface area (Å²) < 4.78 is 4.94. The van der Waals surface area contributed by atoms with Crippen molar-refractivity contribution in [1.29, 1.82) is 0 Å². The lowest BCUT2D eigenvalue weighted by molar-refractivity contribution is -0.120. The third kappa shape index (κ3) is 4.62. The van der Waals surface area contributed by atoms with Crippen LogP contribution >= 0.6 is 0 Å². The number of methoxy groups -OCH3 is 1. The van der Waals surface area contributed by atoms with E-state index in [1.165, 1.54) is 24.0 Å². The van der Waals surface area contributed by atoms with Crippen molar-refractivity contribution in [3.05, 3.63) is 34.9 Å². The van der Waals surface area contributed by atoms with E-state index in [1.807, 2.05) is 0 Å². The van der Waals surface area contributed by atoms with Crippen LogP contribution in [-0.4, -0.2) is 39.3 Å². The van der Waals surface area contributed by atoms with Gasteiger partial charge in [0.2, 0.25) is 5.91 Å². The molecule has 0 heterocycles. The molecule has 2 N–H and O–H groups in total. The van der Waals surface area contributed by atoms with Gasteiger partial charge in [-0.1, -0.05) is 18.2 Å². The van der Waals surface area contributed by atoms with Crippen LogP contribution in [0.25, 0.3) is 0 Å². The molecule has 4 nitrogen and oxygen atoms in total. The van der Waals surface area contributed by atoms with Gasteiger partial charge in [0, 0.05) is 26.7 Å². The standard InChI is InChI=1S/C16H24N2O2/c1-20-10-9-17-7-8-18-16(19)12-13-5-6-14-3-2-4-15(14)11-13/h5-6,11,17H,2-4,7-10,12H2,1H3,(H,18,19). The molecule has 1 aromatic carbocycles. The summed E-state index contributed by atoms with van der Waals surface area (Å²) in [7, 11) is 1.68. The molecule has 1 amide bonds. The van der Waals surface area contributed by atoms with Gasteiger partial charge in [-0.25, -0.2) is 0 Å². The Kier molecular flexibility index (Phi) is 6.02. The molecule has 1 aromatic rings. The Labute approximate surface area is 120 Å². The highest BCUT2D eigenvalue weighted by Gasteiger charge is 2.11. The Balaban J connectivity index is 1.67. The minimum absolute atomic E-state index is 0.0940. The molecule has 1 aliphatic carbocycles. The van der Waals surface area contributed by atoms with E-state index in [2.05, 4.69) is 28.8 Å². The summed E-state index contributed by atoms with van der Waals surface area (Å²) in [5, 5.41) is 6.13. The largest absolute Gasteiger partial charge is 0.383 e. The van der Waals surface area contributed by atoms with Crippen molar-refractivity contribution >= 4 is 5.91 Å². The topological polar surface area (TPSA) is 50.4 Å². The molecule has 0 radical (unpaired) electrons. The highest BCUT2D eigenvalue weighted by Crippen LogP contribution is 2.22. The number of ether oxygens (including phenoxy) is 1. The highest BCUT2D eigenvalue weighted by molar-refractivity contribution is 5.78. The molecule has 0 saturated heterocycles. The van der Waals surface area contributed by atoms with Crippen molar-refractivity contribution < 1.29 is 9.53 Å². The lowest BCUT2D eigenvalue weighted by Crippen LogP contribution is -2.33. The fraction of sp³-hybridized carbons (Fsp3) is 0.562. The van der Waals surface area contributed by atoms with E-state index in [1.54, 1.807) is 7.11 Å². The molecule has 20 heavy (non-hydrogen) atoms. The van der Waals surface area contributed by atoms with Crippen LogP contribution in [0.1, 0.15) is 23.1 Å². The van der Waals surface area contributed by atoms with Gasteiger partial charge in [0.25, 0.3) is 0 Å². The molecular formula is C16H24N2O2. The minimum Gasteiger partial charge on any atom is -0.383 e. The van der Waals surface area contributed by atoms with Crippen LogP contribution < -0.4 is 10.6 Å². The molecule has 0 saturated carbocycles. The summed E-state index contributed by atoms with van der Waals surface area (Å²) in [6.07, 6.45) is 4.08. The Bertz CT molecular complexity index is 446. The molecule has 0 fully saturated rings. The Hall–Kier alpha value is -1.39. The van der Waals surface area contributed by atoms with Crippen LogP contribution in [0.3, 0.4) is 0 Å². The zero-order chi connectivity index (χ0) is 14.2. The van der Waals surface area contributed by atoms with E-state index in [4.69, 9.17) is 4.74 Å². The number of hydrogen-bond donors (Lipinski definition) is 2. The van der Waals surface area contributed by atoms with Gasteiger partial charge in [-0.3, -0.25) is 4.79 Å². The summed E-state index contributed by atoms with van der Waals surface area (Å²) in [5.41, 5.74) is 4.00. The highest BCUT2D eigenvalue weighted by atomic mass is 16.5. The Morgan fingerprint density at radius 1 is 1.20 bits per heavy atom. The normalized spacial score (nSPS) is 13.2. The monoisotopic (exact) mass is 276 g/mol. The molecule has 0 atom stereocenters. The van der Waals surface area contributed by atoms with E-state index in [0.29, 0.717) is 19.6 Å². The average molecular weight is 276 g/mol. The summed E-state index contributed by atoms with van der Waals surface area (Å²) >= 11 is 0. The number of aryl methyl sites for hydroxylation is 2. The second kappa shape index (κ2) is 8.02. The van der Waals surface area contributed by atoms with Gasteiger partial charge in [0.15, 0.2) is 0 Å². The van der Waals surface area contributed by atoms with Crippen molar-refractivity contribution in [3.63, 3.8) is 0 Å². The van der Waals surface area contributed by atoms with Gasteiger partial charge >= 0.3 is 0 Å². The number of amides is 1. The lowest BCUT2D eigenvalue weighted by atomic mass is 10.0. The molecule has 0 bridgehead atoms. The smallest absolute Gasteiger partial charge is 0.224 e. The summed E-state index contributed by atoms with van der Waals surface area (Å²) in [5.74, 6) is 0.0940. The molecule has 1 aliphatic rings. The maximum Gasteiger partial charge on any atom is 0.224 e. The Morgan fingerprint density at radius 3 is 2.90 bits per heavy atom. The number of nitrogens with one attached hydrogen (secondary N) is 2.